The third-order valence-electron chi connectivity index (χ3n) is 0.884. The molecule has 0 aliphatic rings. The Morgan fingerprint density at radius 3 is 2.00 bits per heavy atom. The van der Waals surface area contributed by atoms with Crippen LogP contribution < -0.4 is 5.90 Å². The molecule has 0 atom stereocenters. The first-order valence-electron chi connectivity index (χ1n) is 3.38. The Morgan fingerprint density at radius 1 is 1.27 bits per heavy atom. The van der Waals surface area contributed by atoms with Gasteiger partial charge in [0, 0.05) is 0 Å². The number of hydrogen-bond acceptors (Lipinski definition) is 5. The van der Waals surface area contributed by atoms with Crippen molar-refractivity contribution in [2.75, 3.05) is 19.6 Å². The Bertz CT molecular complexity index is 117. The lowest BCUT2D eigenvalue weighted by molar-refractivity contribution is 0.135. The van der Waals surface area contributed by atoms with E-state index in [1.165, 1.54) is 0 Å². The van der Waals surface area contributed by atoms with Crippen LogP contribution in [0.2, 0.25) is 0 Å². The van der Waals surface area contributed by atoms with Crippen LogP contribution in [0.1, 0.15) is 13.8 Å². The molecule has 0 bridgehead atoms. The largest absolute Gasteiger partial charge is 0.358 e. The molecule has 11 heavy (non-hydrogen) atoms. The van der Waals surface area contributed by atoms with Crippen molar-refractivity contribution in [3.8, 4) is 0 Å². The van der Waals surface area contributed by atoms with E-state index in [-0.39, 0.29) is 6.35 Å². The Balaban J connectivity index is 3.91. The molecule has 0 saturated heterocycles. The molecule has 2 N–H and O–H groups in total. The lowest BCUT2D eigenvalue weighted by Gasteiger charge is -2.14. The molecule has 68 valence electrons. The molecule has 0 aromatic rings. The number of rotatable bonds is 6. The van der Waals surface area contributed by atoms with Crippen LogP contribution in [0.15, 0.2) is 0 Å². The highest BCUT2D eigenvalue weighted by atomic mass is 31.2. The van der Waals surface area contributed by atoms with Gasteiger partial charge in [-0.2, -0.15) is 0 Å². The number of nitrogens with two attached hydrogens (primary N) is 1. The van der Waals surface area contributed by atoms with E-state index >= 15 is 0 Å². The second-order valence-corrected chi connectivity index (χ2v) is 3.74. The van der Waals surface area contributed by atoms with Gasteiger partial charge in [-0.3, -0.25) is 9.40 Å². The third-order valence-corrected chi connectivity index (χ3v) is 2.65. The van der Waals surface area contributed by atoms with Crippen molar-refractivity contribution in [2.24, 2.45) is 5.90 Å². The van der Waals surface area contributed by atoms with Gasteiger partial charge in [-0.15, -0.1) is 0 Å². The summed E-state index contributed by atoms with van der Waals surface area (Å²) in [7, 11) is -3.07. The van der Waals surface area contributed by atoms with Gasteiger partial charge in [-0.25, -0.2) is 5.90 Å². The molecule has 0 saturated carbocycles. The van der Waals surface area contributed by atoms with E-state index in [1.54, 1.807) is 13.8 Å². The fourth-order valence-electron chi connectivity index (χ4n) is 0.596. The zero-order chi connectivity index (χ0) is 8.74. The molecule has 0 aromatic carbocycles. The minimum absolute atomic E-state index is 0.200. The van der Waals surface area contributed by atoms with E-state index in [0.29, 0.717) is 13.2 Å². The van der Waals surface area contributed by atoms with Gasteiger partial charge < -0.3 is 9.05 Å². The van der Waals surface area contributed by atoms with Crippen LogP contribution in [0.25, 0.3) is 0 Å². The molecule has 6 heteroatoms. The van der Waals surface area contributed by atoms with Crippen LogP contribution in [0, 0.1) is 0 Å². The summed E-state index contributed by atoms with van der Waals surface area (Å²) in [5.74, 6) is 4.74. The Labute approximate surface area is 66.3 Å². The summed E-state index contributed by atoms with van der Waals surface area (Å²) < 4.78 is 21.0. The van der Waals surface area contributed by atoms with Gasteiger partial charge in [0.2, 0.25) is 0 Å². The highest BCUT2D eigenvalue weighted by Crippen LogP contribution is 2.47. The summed E-state index contributed by atoms with van der Waals surface area (Å²) in [5, 5.41) is 0. The SMILES string of the molecule is CCOP(=O)(CON)OCC. The summed E-state index contributed by atoms with van der Waals surface area (Å²) >= 11 is 0. The van der Waals surface area contributed by atoms with E-state index in [0.717, 1.165) is 0 Å². The van der Waals surface area contributed by atoms with E-state index in [4.69, 9.17) is 14.9 Å². The molecule has 0 radical (unpaired) electrons. The third kappa shape index (κ3) is 4.50. The van der Waals surface area contributed by atoms with E-state index in [9.17, 15) is 4.57 Å². The molecular formula is C5H14NO4P. The Kier molecular flexibility index (Phi) is 5.72. The Morgan fingerprint density at radius 2 is 1.73 bits per heavy atom. The first-order valence-corrected chi connectivity index (χ1v) is 5.11. The van der Waals surface area contributed by atoms with Crippen LogP contribution in [0.4, 0.5) is 0 Å². The fourth-order valence-corrected chi connectivity index (χ4v) is 1.79. The molecule has 0 amide bonds. The van der Waals surface area contributed by atoms with Crippen molar-refractivity contribution < 1.29 is 18.5 Å². The van der Waals surface area contributed by atoms with Gasteiger partial charge in [-0.1, -0.05) is 0 Å². The van der Waals surface area contributed by atoms with Crippen LogP contribution >= 0.6 is 7.60 Å². The summed E-state index contributed by atoms with van der Waals surface area (Å²) in [6.07, 6.45) is -0.200. The number of hydrogen-bond donors (Lipinski definition) is 1. The van der Waals surface area contributed by atoms with Crippen molar-refractivity contribution in [1.29, 1.82) is 0 Å². The Hall–Kier alpha value is 0.0700. The van der Waals surface area contributed by atoms with Crippen LogP contribution in [0.5, 0.6) is 0 Å². The normalized spacial score (nSPS) is 11.9. The van der Waals surface area contributed by atoms with Gasteiger partial charge >= 0.3 is 7.60 Å². The maximum Gasteiger partial charge on any atom is 0.358 e. The van der Waals surface area contributed by atoms with E-state index in [1.807, 2.05) is 0 Å². The molecule has 5 nitrogen and oxygen atoms in total. The fraction of sp³-hybridized carbons (Fsp3) is 1.00. The molecular weight excluding hydrogens is 169 g/mol. The van der Waals surface area contributed by atoms with Crippen molar-refractivity contribution >= 4 is 7.60 Å². The first-order chi connectivity index (χ1) is 5.18. The average Bonchev–Trinajstić information content (AvgIpc) is 1.88. The average molecular weight is 183 g/mol. The summed E-state index contributed by atoms with van der Waals surface area (Å²) in [4.78, 5) is 4.20. The molecule has 0 heterocycles. The van der Waals surface area contributed by atoms with Crippen molar-refractivity contribution in [1.82, 2.24) is 0 Å². The smallest absolute Gasteiger partial charge is 0.307 e. The van der Waals surface area contributed by atoms with Gasteiger partial charge in [0.1, 0.15) is 0 Å². The predicted molar refractivity (Wildman–Crippen MR) is 41.0 cm³/mol. The lowest BCUT2D eigenvalue weighted by atomic mass is 10.9. The monoisotopic (exact) mass is 183 g/mol. The molecule has 0 rings (SSSR count). The summed E-state index contributed by atoms with van der Waals surface area (Å²) in [6.45, 7) is 4.09. The minimum atomic E-state index is -3.07. The van der Waals surface area contributed by atoms with E-state index < -0.39 is 7.60 Å². The molecule has 0 fully saturated rings. The molecule has 0 aliphatic carbocycles. The van der Waals surface area contributed by atoms with Crippen molar-refractivity contribution in [3.05, 3.63) is 0 Å². The van der Waals surface area contributed by atoms with Gasteiger partial charge in [0.15, 0.2) is 6.35 Å². The van der Waals surface area contributed by atoms with Crippen LogP contribution in [-0.2, 0) is 18.5 Å². The zero-order valence-corrected chi connectivity index (χ0v) is 7.67. The zero-order valence-electron chi connectivity index (χ0n) is 6.78. The predicted octanol–water partition coefficient (Wildman–Crippen LogP) is 1.10. The molecule has 0 unspecified atom stereocenters. The molecule has 0 aliphatic heterocycles. The highest BCUT2D eigenvalue weighted by molar-refractivity contribution is 7.53. The van der Waals surface area contributed by atoms with Gasteiger partial charge in [0.25, 0.3) is 0 Å². The maximum atomic E-state index is 11.4. The second-order valence-electron chi connectivity index (χ2n) is 1.74. The van der Waals surface area contributed by atoms with E-state index in [2.05, 4.69) is 4.84 Å². The van der Waals surface area contributed by atoms with Crippen molar-refractivity contribution in [3.63, 3.8) is 0 Å². The lowest BCUT2D eigenvalue weighted by Crippen LogP contribution is -2.06. The quantitative estimate of drug-likeness (QED) is 0.493. The highest BCUT2D eigenvalue weighted by Gasteiger charge is 2.23. The van der Waals surface area contributed by atoms with Gasteiger partial charge in [0.05, 0.1) is 13.2 Å². The second kappa shape index (κ2) is 5.69. The van der Waals surface area contributed by atoms with Gasteiger partial charge in [-0.05, 0) is 13.8 Å². The standard InChI is InChI=1S/C5H14NO4P/c1-3-9-11(7,5-8-6)10-4-2/h3-6H2,1-2H3. The minimum Gasteiger partial charge on any atom is -0.307 e. The van der Waals surface area contributed by atoms with Crippen LogP contribution in [-0.4, -0.2) is 19.6 Å². The van der Waals surface area contributed by atoms with Crippen LogP contribution in [0.3, 0.4) is 0 Å². The summed E-state index contributed by atoms with van der Waals surface area (Å²) in [5.41, 5.74) is 0. The first kappa shape index (κ1) is 11.1. The topological polar surface area (TPSA) is 70.8 Å². The molecule has 0 spiro atoms. The maximum absolute atomic E-state index is 11.4. The summed E-state index contributed by atoms with van der Waals surface area (Å²) in [6, 6.07) is 0. The van der Waals surface area contributed by atoms with Crippen molar-refractivity contribution in [2.45, 2.75) is 13.8 Å². The molecule has 0 aromatic heterocycles.